The van der Waals surface area contributed by atoms with Crippen LogP contribution in [0.5, 0.6) is 11.5 Å². The minimum atomic E-state index is 0.131. The highest BCUT2D eigenvalue weighted by molar-refractivity contribution is 5.40. The molecule has 1 aromatic rings. The van der Waals surface area contributed by atoms with Gasteiger partial charge < -0.3 is 19.9 Å². The fraction of sp³-hybridized carbons (Fsp3) is 0.538. The van der Waals surface area contributed by atoms with Crippen LogP contribution in [0, 0.1) is 0 Å². The first-order valence-corrected chi connectivity index (χ1v) is 5.75. The van der Waals surface area contributed by atoms with Gasteiger partial charge in [-0.15, -0.1) is 0 Å². The minimum Gasteiger partial charge on any atom is -0.497 e. The third-order valence-electron chi connectivity index (χ3n) is 2.61. The van der Waals surface area contributed by atoms with Crippen molar-refractivity contribution in [3.05, 3.63) is 23.8 Å². The predicted molar refractivity (Wildman–Crippen MR) is 67.5 cm³/mol. The Morgan fingerprint density at radius 3 is 2.65 bits per heavy atom. The van der Waals surface area contributed by atoms with Gasteiger partial charge in [-0.25, -0.2) is 0 Å². The quantitative estimate of drug-likeness (QED) is 0.739. The third kappa shape index (κ3) is 4.24. The number of ether oxygens (including phenoxy) is 3. The number of benzene rings is 1. The molecule has 0 fully saturated rings. The molecule has 0 saturated heterocycles. The Labute approximate surface area is 103 Å². The van der Waals surface area contributed by atoms with E-state index in [-0.39, 0.29) is 12.8 Å². The van der Waals surface area contributed by atoms with Crippen molar-refractivity contribution < 1.29 is 14.2 Å². The van der Waals surface area contributed by atoms with Crippen LogP contribution >= 0.6 is 0 Å². The fourth-order valence-electron chi connectivity index (χ4n) is 1.53. The van der Waals surface area contributed by atoms with Crippen molar-refractivity contribution in [1.29, 1.82) is 0 Å². The lowest BCUT2D eigenvalue weighted by atomic mass is 10.0. The zero-order valence-electron chi connectivity index (χ0n) is 10.7. The van der Waals surface area contributed by atoms with E-state index in [9.17, 15) is 0 Å². The van der Waals surface area contributed by atoms with Gasteiger partial charge in [0.25, 0.3) is 0 Å². The molecule has 0 aliphatic rings. The molecule has 17 heavy (non-hydrogen) atoms. The summed E-state index contributed by atoms with van der Waals surface area (Å²) >= 11 is 0. The highest BCUT2D eigenvalue weighted by Gasteiger charge is 2.09. The number of hydrogen-bond donors (Lipinski definition) is 1. The second-order valence-corrected chi connectivity index (χ2v) is 3.90. The molecule has 0 spiro atoms. The number of hydrogen-bond acceptors (Lipinski definition) is 4. The van der Waals surface area contributed by atoms with Crippen molar-refractivity contribution >= 4 is 0 Å². The first-order valence-electron chi connectivity index (χ1n) is 5.75. The molecule has 1 rings (SSSR count). The van der Waals surface area contributed by atoms with E-state index >= 15 is 0 Å². The lowest BCUT2D eigenvalue weighted by Crippen LogP contribution is -2.21. The Hall–Kier alpha value is -1.26. The summed E-state index contributed by atoms with van der Waals surface area (Å²) < 4.78 is 15.6. The van der Waals surface area contributed by atoms with Gasteiger partial charge in [0.15, 0.2) is 6.79 Å². The summed E-state index contributed by atoms with van der Waals surface area (Å²) in [4.78, 5) is 0. The number of methoxy groups -OCH3 is 2. The standard InChI is InChI=1S/C13H21NO3/c1-4-11(14)7-10-8-12(16-3)5-6-13(10)17-9-15-2/h5-6,8,11H,4,7,9,14H2,1-3H3. The molecule has 1 aromatic carbocycles. The molecule has 2 N–H and O–H groups in total. The van der Waals surface area contributed by atoms with Crippen LogP contribution in [-0.4, -0.2) is 27.1 Å². The van der Waals surface area contributed by atoms with Gasteiger partial charge in [-0.1, -0.05) is 6.92 Å². The van der Waals surface area contributed by atoms with Crippen molar-refractivity contribution in [2.75, 3.05) is 21.0 Å². The Bertz CT molecular complexity index is 341. The van der Waals surface area contributed by atoms with E-state index in [1.807, 2.05) is 18.2 Å². The third-order valence-corrected chi connectivity index (χ3v) is 2.61. The van der Waals surface area contributed by atoms with Crippen LogP contribution < -0.4 is 15.2 Å². The van der Waals surface area contributed by atoms with Crippen molar-refractivity contribution in [3.63, 3.8) is 0 Å². The highest BCUT2D eigenvalue weighted by Crippen LogP contribution is 2.25. The Morgan fingerprint density at radius 2 is 2.06 bits per heavy atom. The predicted octanol–water partition coefficient (Wildman–Crippen LogP) is 1.96. The lowest BCUT2D eigenvalue weighted by Gasteiger charge is -2.15. The molecule has 0 amide bonds. The van der Waals surface area contributed by atoms with E-state index in [0.717, 1.165) is 29.9 Å². The smallest absolute Gasteiger partial charge is 0.188 e. The molecule has 0 heterocycles. The van der Waals surface area contributed by atoms with Gasteiger partial charge in [-0.2, -0.15) is 0 Å². The Morgan fingerprint density at radius 1 is 1.29 bits per heavy atom. The second kappa shape index (κ2) is 7.14. The average Bonchev–Trinajstić information content (AvgIpc) is 2.36. The monoisotopic (exact) mass is 239 g/mol. The normalized spacial score (nSPS) is 12.2. The van der Waals surface area contributed by atoms with E-state index in [1.165, 1.54) is 0 Å². The summed E-state index contributed by atoms with van der Waals surface area (Å²) in [5.74, 6) is 1.62. The van der Waals surface area contributed by atoms with Gasteiger partial charge >= 0.3 is 0 Å². The van der Waals surface area contributed by atoms with Gasteiger partial charge in [0.1, 0.15) is 11.5 Å². The Balaban J connectivity index is 2.86. The topological polar surface area (TPSA) is 53.7 Å². The average molecular weight is 239 g/mol. The molecule has 0 radical (unpaired) electrons. The molecular weight excluding hydrogens is 218 g/mol. The Kier molecular flexibility index (Phi) is 5.80. The summed E-state index contributed by atoms with van der Waals surface area (Å²) in [6, 6.07) is 5.84. The van der Waals surface area contributed by atoms with Gasteiger partial charge in [0.05, 0.1) is 7.11 Å². The molecule has 0 saturated carbocycles. The maximum atomic E-state index is 5.97. The van der Waals surface area contributed by atoms with Crippen LogP contribution in [0.25, 0.3) is 0 Å². The van der Waals surface area contributed by atoms with E-state index < -0.39 is 0 Å². The van der Waals surface area contributed by atoms with Crippen molar-refractivity contribution in [2.24, 2.45) is 5.73 Å². The van der Waals surface area contributed by atoms with E-state index in [4.69, 9.17) is 19.9 Å². The molecule has 4 nitrogen and oxygen atoms in total. The summed E-state index contributed by atoms with van der Waals surface area (Å²) in [5.41, 5.74) is 7.02. The van der Waals surface area contributed by atoms with Gasteiger partial charge in [-0.3, -0.25) is 0 Å². The molecule has 0 aromatic heterocycles. The summed E-state index contributed by atoms with van der Waals surface area (Å²) in [5, 5.41) is 0. The first kappa shape index (κ1) is 13.8. The van der Waals surface area contributed by atoms with Gasteiger partial charge in [-0.05, 0) is 36.6 Å². The molecule has 0 bridgehead atoms. The number of rotatable bonds is 7. The summed E-state index contributed by atoms with van der Waals surface area (Å²) in [6.07, 6.45) is 1.70. The summed E-state index contributed by atoms with van der Waals surface area (Å²) in [6.45, 7) is 2.31. The molecule has 0 aliphatic carbocycles. The van der Waals surface area contributed by atoms with Crippen molar-refractivity contribution in [1.82, 2.24) is 0 Å². The van der Waals surface area contributed by atoms with Crippen molar-refractivity contribution in [3.8, 4) is 11.5 Å². The van der Waals surface area contributed by atoms with Gasteiger partial charge in [0.2, 0.25) is 0 Å². The highest BCUT2D eigenvalue weighted by atomic mass is 16.7. The van der Waals surface area contributed by atoms with Crippen molar-refractivity contribution in [2.45, 2.75) is 25.8 Å². The van der Waals surface area contributed by atoms with Crippen LogP contribution in [0.3, 0.4) is 0 Å². The number of nitrogens with two attached hydrogens (primary N) is 1. The molecule has 96 valence electrons. The van der Waals surface area contributed by atoms with Crippen LogP contribution in [0.2, 0.25) is 0 Å². The lowest BCUT2D eigenvalue weighted by molar-refractivity contribution is 0.0503. The van der Waals surface area contributed by atoms with E-state index in [0.29, 0.717) is 0 Å². The van der Waals surface area contributed by atoms with Crippen LogP contribution in [0.4, 0.5) is 0 Å². The largest absolute Gasteiger partial charge is 0.497 e. The van der Waals surface area contributed by atoms with E-state index in [1.54, 1.807) is 14.2 Å². The molecule has 4 heteroatoms. The van der Waals surface area contributed by atoms with Crippen LogP contribution in [0.15, 0.2) is 18.2 Å². The maximum absolute atomic E-state index is 5.97. The SMILES string of the molecule is CCC(N)Cc1cc(OC)ccc1OCOC. The minimum absolute atomic E-state index is 0.131. The fourth-order valence-corrected chi connectivity index (χ4v) is 1.53. The first-order chi connectivity index (χ1) is 8.21. The van der Waals surface area contributed by atoms with Gasteiger partial charge in [0, 0.05) is 13.2 Å². The zero-order chi connectivity index (χ0) is 12.7. The zero-order valence-corrected chi connectivity index (χ0v) is 10.7. The molecule has 1 atom stereocenters. The molecule has 0 aliphatic heterocycles. The van der Waals surface area contributed by atoms with E-state index in [2.05, 4.69) is 6.92 Å². The molecule has 1 unspecified atom stereocenters. The second-order valence-electron chi connectivity index (χ2n) is 3.90. The maximum Gasteiger partial charge on any atom is 0.188 e. The van der Waals surface area contributed by atoms with Crippen LogP contribution in [0.1, 0.15) is 18.9 Å². The summed E-state index contributed by atoms with van der Waals surface area (Å²) in [7, 11) is 3.25. The van der Waals surface area contributed by atoms with Crippen LogP contribution in [-0.2, 0) is 11.2 Å². The molecular formula is C13H21NO3.